The first-order valence-corrected chi connectivity index (χ1v) is 10.3. The Balaban J connectivity index is 1.45. The molecule has 3 aromatic carbocycles. The van der Waals surface area contributed by atoms with Crippen LogP contribution in [0.25, 0.3) is 22.2 Å². The molecule has 0 saturated heterocycles. The molecule has 0 bridgehead atoms. The van der Waals surface area contributed by atoms with Gasteiger partial charge in [0.1, 0.15) is 5.52 Å². The lowest BCUT2D eigenvalue weighted by Crippen LogP contribution is -2.26. The van der Waals surface area contributed by atoms with Gasteiger partial charge in [-0.15, -0.1) is 0 Å². The number of oxazole rings is 1. The number of aryl methyl sites for hydroxylation is 1. The first kappa shape index (κ1) is 21.3. The Hall–Kier alpha value is -3.93. The number of nitrogens with one attached hydrogen (secondary N) is 1. The van der Waals surface area contributed by atoms with Crippen LogP contribution < -0.4 is 5.32 Å². The van der Waals surface area contributed by atoms with E-state index in [-0.39, 0.29) is 12.2 Å². The number of rotatable bonds is 7. The predicted octanol–water partition coefficient (Wildman–Crippen LogP) is 6.23. The molecule has 0 saturated carbocycles. The van der Waals surface area contributed by atoms with Crippen molar-refractivity contribution in [3.63, 3.8) is 0 Å². The summed E-state index contributed by atoms with van der Waals surface area (Å²) in [5.74, 6) is -1.17. The number of carbonyl (C=O) groups excluding carboxylic acids is 1. The summed E-state index contributed by atoms with van der Waals surface area (Å²) < 4.78 is 5.76. The van der Waals surface area contributed by atoms with Crippen molar-refractivity contribution in [2.24, 2.45) is 5.41 Å². The normalized spacial score (nSPS) is 11.5. The number of aromatic nitrogens is 1. The van der Waals surface area contributed by atoms with Crippen LogP contribution in [0.3, 0.4) is 0 Å². The number of benzene rings is 3. The number of hydrogen-bond acceptors (Lipinski definition) is 5. The first-order valence-electron chi connectivity index (χ1n) is 10.3. The molecule has 0 atom stereocenters. The third-order valence-corrected chi connectivity index (χ3v) is 5.40. The maximum absolute atomic E-state index is 12.4. The van der Waals surface area contributed by atoms with E-state index >= 15 is 0 Å². The molecule has 162 valence electrons. The van der Waals surface area contributed by atoms with Gasteiger partial charge in [0.25, 0.3) is 6.01 Å². The Kier molecular flexibility index (Phi) is 5.53. The van der Waals surface area contributed by atoms with Gasteiger partial charge in [-0.05, 0) is 61.7 Å². The average molecular weight is 428 g/mol. The van der Waals surface area contributed by atoms with Crippen LogP contribution in [0, 0.1) is 12.3 Å². The van der Waals surface area contributed by atoms with Gasteiger partial charge in [0.15, 0.2) is 11.4 Å². The van der Waals surface area contributed by atoms with E-state index in [9.17, 15) is 14.7 Å². The molecule has 0 aliphatic rings. The summed E-state index contributed by atoms with van der Waals surface area (Å²) in [6.07, 6.45) is -0.0442. The van der Waals surface area contributed by atoms with Gasteiger partial charge < -0.3 is 14.8 Å². The van der Waals surface area contributed by atoms with Crippen LogP contribution in [0.15, 0.2) is 71.1 Å². The lowest BCUT2D eigenvalue weighted by molar-refractivity contribution is -0.146. The highest BCUT2D eigenvalue weighted by Gasteiger charge is 2.30. The summed E-state index contributed by atoms with van der Waals surface area (Å²) in [5, 5.41) is 12.4. The van der Waals surface area contributed by atoms with E-state index in [1.54, 1.807) is 26.0 Å². The molecule has 0 amide bonds. The van der Waals surface area contributed by atoms with E-state index in [4.69, 9.17) is 4.42 Å². The van der Waals surface area contributed by atoms with Crippen molar-refractivity contribution in [1.29, 1.82) is 0 Å². The van der Waals surface area contributed by atoms with Crippen LogP contribution in [0.4, 0.5) is 11.7 Å². The highest BCUT2D eigenvalue weighted by atomic mass is 16.4. The van der Waals surface area contributed by atoms with E-state index < -0.39 is 11.4 Å². The van der Waals surface area contributed by atoms with Crippen LogP contribution in [-0.2, 0) is 4.79 Å². The number of ketones is 1. The summed E-state index contributed by atoms with van der Waals surface area (Å²) in [5.41, 5.74) is 4.87. The number of carboxylic acid groups (broad SMARTS) is 1. The van der Waals surface area contributed by atoms with Gasteiger partial charge in [-0.2, -0.15) is 4.98 Å². The molecule has 1 heterocycles. The summed E-state index contributed by atoms with van der Waals surface area (Å²) in [7, 11) is 0. The summed E-state index contributed by atoms with van der Waals surface area (Å²) in [6.45, 7) is 5.12. The fourth-order valence-electron chi connectivity index (χ4n) is 3.38. The topological polar surface area (TPSA) is 92.4 Å². The lowest BCUT2D eigenvalue weighted by atomic mass is 9.85. The molecule has 4 aromatic rings. The van der Waals surface area contributed by atoms with E-state index in [0.29, 0.717) is 11.6 Å². The zero-order valence-electron chi connectivity index (χ0n) is 18.2. The van der Waals surface area contributed by atoms with Crippen molar-refractivity contribution in [2.45, 2.75) is 27.2 Å². The zero-order valence-corrected chi connectivity index (χ0v) is 18.2. The SMILES string of the molecule is Cc1ccc2nc(Nc3ccc(-c4ccc(C(=O)CC(C)(C)C(=O)O)cc4)cc3)oc2c1. The number of nitrogens with zero attached hydrogens (tertiary/aromatic N) is 1. The quantitative estimate of drug-likeness (QED) is 0.339. The summed E-state index contributed by atoms with van der Waals surface area (Å²) in [6, 6.07) is 21.3. The van der Waals surface area contributed by atoms with Gasteiger partial charge >= 0.3 is 5.97 Å². The molecule has 6 nitrogen and oxygen atoms in total. The zero-order chi connectivity index (χ0) is 22.9. The highest BCUT2D eigenvalue weighted by molar-refractivity contribution is 5.99. The molecular formula is C26H24N2O4. The molecule has 0 radical (unpaired) electrons. The molecule has 1 aromatic heterocycles. The third kappa shape index (κ3) is 4.54. The molecule has 2 N–H and O–H groups in total. The number of fused-ring (bicyclic) bond motifs is 1. The van der Waals surface area contributed by atoms with Crippen molar-refractivity contribution in [3.8, 4) is 11.1 Å². The Morgan fingerprint density at radius 3 is 2.22 bits per heavy atom. The predicted molar refractivity (Wildman–Crippen MR) is 124 cm³/mol. The maximum atomic E-state index is 12.4. The number of hydrogen-bond donors (Lipinski definition) is 2. The van der Waals surface area contributed by atoms with Gasteiger partial charge in [0, 0.05) is 17.7 Å². The highest BCUT2D eigenvalue weighted by Crippen LogP contribution is 2.27. The monoisotopic (exact) mass is 428 g/mol. The molecule has 0 spiro atoms. The van der Waals surface area contributed by atoms with Crippen molar-refractivity contribution < 1.29 is 19.1 Å². The second-order valence-corrected chi connectivity index (χ2v) is 8.56. The van der Waals surface area contributed by atoms with Gasteiger partial charge in [0.05, 0.1) is 5.41 Å². The van der Waals surface area contributed by atoms with Gasteiger partial charge in [0.2, 0.25) is 0 Å². The fraction of sp³-hybridized carbons (Fsp3) is 0.192. The molecule has 4 rings (SSSR count). The van der Waals surface area contributed by atoms with Gasteiger partial charge in [-0.25, -0.2) is 0 Å². The van der Waals surface area contributed by atoms with E-state index in [0.717, 1.165) is 33.5 Å². The molecule has 0 unspecified atom stereocenters. The molecule has 32 heavy (non-hydrogen) atoms. The van der Waals surface area contributed by atoms with Crippen LogP contribution >= 0.6 is 0 Å². The first-order chi connectivity index (χ1) is 15.2. The summed E-state index contributed by atoms with van der Waals surface area (Å²) >= 11 is 0. The minimum absolute atomic E-state index is 0.0442. The molecule has 6 heteroatoms. The van der Waals surface area contributed by atoms with E-state index in [1.807, 2.05) is 61.5 Å². The van der Waals surface area contributed by atoms with E-state index in [2.05, 4.69) is 10.3 Å². The Labute approximate surface area is 185 Å². The van der Waals surface area contributed by atoms with Crippen LogP contribution in [0.5, 0.6) is 0 Å². The standard InChI is InChI=1S/C26H24N2O4/c1-16-4-13-21-23(14-16)32-25(28-21)27-20-11-9-18(10-12-20)17-5-7-19(8-6-17)22(29)15-26(2,3)24(30)31/h4-14H,15H2,1-3H3,(H,27,28)(H,30,31). The smallest absolute Gasteiger partial charge is 0.309 e. The fourth-order valence-corrected chi connectivity index (χ4v) is 3.38. The molecule has 0 fully saturated rings. The van der Waals surface area contributed by atoms with Crippen LogP contribution in [0.2, 0.25) is 0 Å². The Morgan fingerprint density at radius 2 is 1.59 bits per heavy atom. The largest absolute Gasteiger partial charge is 0.481 e. The maximum Gasteiger partial charge on any atom is 0.309 e. The van der Waals surface area contributed by atoms with E-state index in [1.165, 1.54) is 0 Å². The lowest BCUT2D eigenvalue weighted by Gasteiger charge is -2.17. The van der Waals surface area contributed by atoms with Crippen LogP contribution in [0.1, 0.15) is 36.2 Å². The Morgan fingerprint density at radius 1 is 0.969 bits per heavy atom. The van der Waals surface area contributed by atoms with Crippen LogP contribution in [-0.4, -0.2) is 21.8 Å². The minimum atomic E-state index is -1.09. The van der Waals surface area contributed by atoms with Crippen molar-refractivity contribution in [3.05, 3.63) is 77.9 Å². The third-order valence-electron chi connectivity index (χ3n) is 5.40. The minimum Gasteiger partial charge on any atom is -0.481 e. The number of aliphatic carboxylic acids is 1. The second-order valence-electron chi connectivity index (χ2n) is 8.56. The molecular weight excluding hydrogens is 404 g/mol. The van der Waals surface area contributed by atoms with Gasteiger partial charge in [-0.1, -0.05) is 42.5 Å². The average Bonchev–Trinajstić information content (AvgIpc) is 3.15. The number of carboxylic acids is 1. The van der Waals surface area contributed by atoms with Crippen molar-refractivity contribution in [2.75, 3.05) is 5.32 Å². The summed E-state index contributed by atoms with van der Waals surface area (Å²) in [4.78, 5) is 28.1. The second kappa shape index (κ2) is 8.30. The molecule has 0 aliphatic carbocycles. The number of carbonyl (C=O) groups is 2. The molecule has 0 aliphatic heterocycles. The Bertz CT molecular complexity index is 1290. The van der Waals surface area contributed by atoms with Gasteiger partial charge in [-0.3, -0.25) is 9.59 Å². The van der Waals surface area contributed by atoms with Crippen molar-refractivity contribution in [1.82, 2.24) is 4.98 Å². The number of anilines is 2. The number of Topliss-reactive ketones (excluding diaryl/α,β-unsaturated/α-hetero) is 1. The van der Waals surface area contributed by atoms with Crippen molar-refractivity contribution >= 4 is 34.6 Å².